The number of hydrogen-bond acceptors (Lipinski definition) is 5. The van der Waals surface area contributed by atoms with Crippen LogP contribution in [0.1, 0.15) is 35.9 Å². The quantitative estimate of drug-likeness (QED) is 0.626. The molecule has 22 heavy (non-hydrogen) atoms. The molecule has 0 N–H and O–H groups in total. The van der Waals surface area contributed by atoms with Crippen molar-refractivity contribution in [3.8, 4) is 5.75 Å². The summed E-state index contributed by atoms with van der Waals surface area (Å²) in [5, 5.41) is 4.29. The van der Waals surface area contributed by atoms with Crippen LogP contribution in [0.25, 0.3) is 0 Å². The molecule has 0 aliphatic rings. The molecule has 0 radical (unpaired) electrons. The van der Waals surface area contributed by atoms with E-state index in [4.69, 9.17) is 4.74 Å². The molecule has 0 saturated heterocycles. The Hall–Kier alpha value is -2.63. The van der Waals surface area contributed by atoms with Gasteiger partial charge in [-0.1, -0.05) is 0 Å². The number of rotatable bonds is 5. The number of methoxy groups -OCH3 is 1. The van der Waals surface area contributed by atoms with Crippen LogP contribution in [0, 0.1) is 0 Å². The Kier molecular flexibility index (Phi) is 4.93. The highest BCUT2D eigenvalue weighted by Crippen LogP contribution is 2.14. The first-order valence-electron chi connectivity index (χ1n) is 6.92. The van der Waals surface area contributed by atoms with Crippen LogP contribution >= 0.6 is 0 Å². The Labute approximate surface area is 128 Å². The van der Waals surface area contributed by atoms with Gasteiger partial charge in [-0.3, -0.25) is 9.48 Å². The Morgan fingerprint density at radius 1 is 1.18 bits per heavy atom. The SMILES string of the molecule is COC(=O)c1ccc(OC(=O)Cc2ccn(C(C)C)n2)cc1. The Bertz CT molecular complexity index is 659. The number of nitrogens with zero attached hydrogens (tertiary/aromatic N) is 2. The topological polar surface area (TPSA) is 70.4 Å². The van der Waals surface area contributed by atoms with Crippen LogP contribution in [-0.4, -0.2) is 28.8 Å². The normalized spacial score (nSPS) is 10.5. The van der Waals surface area contributed by atoms with Crippen LogP contribution in [0.2, 0.25) is 0 Å². The first-order chi connectivity index (χ1) is 10.5. The predicted octanol–water partition coefficient (Wildman–Crippen LogP) is 2.40. The predicted molar refractivity (Wildman–Crippen MR) is 79.7 cm³/mol. The summed E-state index contributed by atoms with van der Waals surface area (Å²) < 4.78 is 11.6. The Morgan fingerprint density at radius 3 is 2.41 bits per heavy atom. The van der Waals surface area contributed by atoms with Crippen molar-refractivity contribution in [2.24, 2.45) is 0 Å². The highest BCUT2D eigenvalue weighted by Gasteiger charge is 2.11. The number of esters is 2. The summed E-state index contributed by atoms with van der Waals surface area (Å²) in [7, 11) is 1.31. The lowest BCUT2D eigenvalue weighted by Crippen LogP contribution is -2.12. The van der Waals surface area contributed by atoms with Crippen LogP contribution in [0.4, 0.5) is 0 Å². The van der Waals surface area contributed by atoms with E-state index >= 15 is 0 Å². The maximum atomic E-state index is 11.9. The molecule has 1 heterocycles. The molecule has 0 saturated carbocycles. The molecule has 0 atom stereocenters. The molecule has 1 aromatic carbocycles. The van der Waals surface area contributed by atoms with Crippen LogP contribution in [0.5, 0.6) is 5.75 Å². The van der Waals surface area contributed by atoms with Crippen LogP contribution in [-0.2, 0) is 16.0 Å². The lowest BCUT2D eigenvalue weighted by atomic mass is 10.2. The maximum absolute atomic E-state index is 11.9. The van der Waals surface area contributed by atoms with Crippen molar-refractivity contribution < 1.29 is 19.1 Å². The van der Waals surface area contributed by atoms with Crippen molar-refractivity contribution in [1.29, 1.82) is 0 Å². The molecule has 0 spiro atoms. The second-order valence-corrected chi connectivity index (χ2v) is 5.05. The largest absolute Gasteiger partial charge is 0.465 e. The van der Waals surface area contributed by atoms with Gasteiger partial charge in [0.25, 0.3) is 0 Å². The van der Waals surface area contributed by atoms with Crippen LogP contribution in [0.3, 0.4) is 0 Å². The van der Waals surface area contributed by atoms with Crippen LogP contribution < -0.4 is 4.74 Å². The molecule has 6 nitrogen and oxygen atoms in total. The third-order valence-electron chi connectivity index (χ3n) is 3.03. The van der Waals surface area contributed by atoms with E-state index in [-0.39, 0.29) is 12.5 Å². The number of carbonyl (C=O) groups is 2. The molecule has 0 unspecified atom stereocenters. The van der Waals surface area contributed by atoms with E-state index in [1.54, 1.807) is 35.0 Å². The van der Waals surface area contributed by atoms with Gasteiger partial charge in [-0.15, -0.1) is 0 Å². The highest BCUT2D eigenvalue weighted by molar-refractivity contribution is 5.89. The number of ether oxygens (including phenoxy) is 2. The first-order valence-corrected chi connectivity index (χ1v) is 6.92. The van der Waals surface area contributed by atoms with E-state index < -0.39 is 11.9 Å². The van der Waals surface area contributed by atoms with Crippen molar-refractivity contribution in [3.63, 3.8) is 0 Å². The zero-order valence-electron chi connectivity index (χ0n) is 12.8. The minimum Gasteiger partial charge on any atom is -0.465 e. The van der Waals surface area contributed by atoms with Gasteiger partial charge in [0.05, 0.1) is 24.8 Å². The molecule has 1 aromatic heterocycles. The third kappa shape index (κ3) is 3.94. The molecule has 2 rings (SSSR count). The molecule has 0 bridgehead atoms. The monoisotopic (exact) mass is 302 g/mol. The zero-order valence-corrected chi connectivity index (χ0v) is 12.8. The van der Waals surface area contributed by atoms with Crippen molar-refractivity contribution in [2.75, 3.05) is 7.11 Å². The second kappa shape index (κ2) is 6.89. The Balaban J connectivity index is 1.95. The van der Waals surface area contributed by atoms with Gasteiger partial charge >= 0.3 is 11.9 Å². The summed E-state index contributed by atoms with van der Waals surface area (Å²) in [6.07, 6.45) is 1.93. The summed E-state index contributed by atoms with van der Waals surface area (Å²) in [6.45, 7) is 4.02. The standard InChI is InChI=1S/C16H18N2O4/c1-11(2)18-9-8-13(17-18)10-15(19)22-14-6-4-12(5-7-14)16(20)21-3/h4-9,11H,10H2,1-3H3. The van der Waals surface area contributed by atoms with E-state index in [0.29, 0.717) is 17.0 Å². The summed E-state index contributed by atoms with van der Waals surface area (Å²) in [5.41, 5.74) is 1.06. The molecule has 0 aliphatic carbocycles. The minimum absolute atomic E-state index is 0.0957. The zero-order chi connectivity index (χ0) is 16.1. The van der Waals surface area contributed by atoms with Crippen LogP contribution in [0.15, 0.2) is 36.5 Å². The van der Waals surface area contributed by atoms with E-state index in [1.807, 2.05) is 20.0 Å². The average Bonchev–Trinajstić information content (AvgIpc) is 2.95. The van der Waals surface area contributed by atoms with E-state index in [2.05, 4.69) is 9.84 Å². The van der Waals surface area contributed by atoms with Gasteiger partial charge in [0, 0.05) is 12.2 Å². The van der Waals surface area contributed by atoms with Gasteiger partial charge in [-0.05, 0) is 44.2 Å². The molecule has 116 valence electrons. The molecule has 2 aromatic rings. The molecule has 0 aliphatic heterocycles. The van der Waals surface area contributed by atoms with Gasteiger partial charge < -0.3 is 9.47 Å². The van der Waals surface area contributed by atoms with Crippen molar-refractivity contribution in [1.82, 2.24) is 9.78 Å². The van der Waals surface area contributed by atoms with Gasteiger partial charge in [0.15, 0.2) is 0 Å². The summed E-state index contributed by atoms with van der Waals surface area (Å²) in [4.78, 5) is 23.2. The van der Waals surface area contributed by atoms with Gasteiger partial charge in [0.1, 0.15) is 5.75 Å². The number of carbonyl (C=O) groups excluding carboxylic acids is 2. The van der Waals surface area contributed by atoms with E-state index in [0.717, 1.165) is 0 Å². The Morgan fingerprint density at radius 2 is 1.86 bits per heavy atom. The lowest BCUT2D eigenvalue weighted by molar-refractivity contribution is -0.133. The first kappa shape index (κ1) is 15.8. The number of hydrogen-bond donors (Lipinski definition) is 0. The van der Waals surface area contributed by atoms with Gasteiger partial charge in [-0.25, -0.2) is 4.79 Å². The maximum Gasteiger partial charge on any atom is 0.337 e. The fraction of sp³-hybridized carbons (Fsp3) is 0.312. The van der Waals surface area contributed by atoms with E-state index in [9.17, 15) is 9.59 Å². The van der Waals surface area contributed by atoms with Crippen molar-refractivity contribution >= 4 is 11.9 Å². The fourth-order valence-corrected chi connectivity index (χ4v) is 1.85. The summed E-state index contributed by atoms with van der Waals surface area (Å²) in [6, 6.07) is 8.23. The molecule has 6 heteroatoms. The second-order valence-electron chi connectivity index (χ2n) is 5.05. The number of aromatic nitrogens is 2. The number of benzene rings is 1. The fourth-order valence-electron chi connectivity index (χ4n) is 1.85. The minimum atomic E-state index is -0.433. The average molecular weight is 302 g/mol. The molecular weight excluding hydrogens is 284 g/mol. The highest BCUT2D eigenvalue weighted by atomic mass is 16.5. The lowest BCUT2D eigenvalue weighted by Gasteiger charge is -2.05. The third-order valence-corrected chi connectivity index (χ3v) is 3.03. The molecule has 0 amide bonds. The smallest absolute Gasteiger partial charge is 0.337 e. The summed E-state index contributed by atoms with van der Waals surface area (Å²) in [5.74, 6) is -0.460. The van der Waals surface area contributed by atoms with Gasteiger partial charge in [-0.2, -0.15) is 5.10 Å². The molecular formula is C16H18N2O4. The van der Waals surface area contributed by atoms with Crippen molar-refractivity contribution in [2.45, 2.75) is 26.3 Å². The van der Waals surface area contributed by atoms with Crippen molar-refractivity contribution in [3.05, 3.63) is 47.8 Å². The summed E-state index contributed by atoms with van der Waals surface area (Å²) >= 11 is 0. The molecule has 0 fully saturated rings. The van der Waals surface area contributed by atoms with Gasteiger partial charge in [0.2, 0.25) is 0 Å². The van der Waals surface area contributed by atoms with E-state index in [1.165, 1.54) is 7.11 Å².